The maximum Gasteiger partial charge on any atom is 0.250 e. The molecule has 0 radical (unpaired) electrons. The number of carbonyl (C=O) groups is 2. The number of carbonyl (C=O) groups excluding carboxylic acids is 2. The second-order valence-corrected chi connectivity index (χ2v) is 6.29. The summed E-state index contributed by atoms with van der Waals surface area (Å²) < 4.78 is 0. The van der Waals surface area contributed by atoms with E-state index in [9.17, 15) is 9.59 Å². The third-order valence-electron chi connectivity index (χ3n) is 4.34. The predicted octanol–water partition coefficient (Wildman–Crippen LogP) is 2.66. The zero-order valence-corrected chi connectivity index (χ0v) is 13.3. The summed E-state index contributed by atoms with van der Waals surface area (Å²) in [5, 5.41) is 2.86. The fourth-order valence-electron chi connectivity index (χ4n) is 2.84. The van der Waals surface area contributed by atoms with E-state index in [2.05, 4.69) is 5.32 Å². The highest BCUT2D eigenvalue weighted by molar-refractivity contribution is 5.99. The zero-order chi connectivity index (χ0) is 16.4. The number of hydrogen-bond donors (Lipinski definition) is 1. The molecule has 1 aliphatic rings. The molecule has 4 heteroatoms. The Balaban J connectivity index is 1.94. The van der Waals surface area contributed by atoms with Crippen molar-refractivity contribution in [3.05, 3.63) is 71.8 Å². The number of piperazine rings is 1. The summed E-state index contributed by atoms with van der Waals surface area (Å²) >= 11 is 0. The van der Waals surface area contributed by atoms with Crippen molar-refractivity contribution in [3.8, 4) is 0 Å². The molecule has 1 heterocycles. The molecular weight excluding hydrogens is 288 g/mol. The number of hydrogen-bond acceptors (Lipinski definition) is 2. The Morgan fingerprint density at radius 2 is 1.52 bits per heavy atom. The van der Waals surface area contributed by atoms with Crippen molar-refractivity contribution in [3.63, 3.8) is 0 Å². The summed E-state index contributed by atoms with van der Waals surface area (Å²) in [6.07, 6.45) is 0. The van der Waals surface area contributed by atoms with Gasteiger partial charge < -0.3 is 10.2 Å². The van der Waals surface area contributed by atoms with E-state index in [0.717, 1.165) is 11.1 Å². The Morgan fingerprint density at radius 1 is 0.957 bits per heavy atom. The van der Waals surface area contributed by atoms with Crippen LogP contribution in [0.3, 0.4) is 0 Å². The van der Waals surface area contributed by atoms with E-state index in [1.165, 1.54) is 0 Å². The maximum absolute atomic E-state index is 13.0. The van der Waals surface area contributed by atoms with Crippen LogP contribution in [0.15, 0.2) is 60.7 Å². The molecule has 0 bridgehead atoms. The van der Waals surface area contributed by atoms with Gasteiger partial charge in [-0.1, -0.05) is 60.7 Å². The number of rotatable bonds is 3. The highest BCUT2D eigenvalue weighted by Gasteiger charge is 2.46. The van der Waals surface area contributed by atoms with Crippen LogP contribution in [0.4, 0.5) is 0 Å². The van der Waals surface area contributed by atoms with Gasteiger partial charge in [0.25, 0.3) is 5.91 Å². The van der Waals surface area contributed by atoms with Gasteiger partial charge >= 0.3 is 0 Å². The van der Waals surface area contributed by atoms with Crippen molar-refractivity contribution in [2.45, 2.75) is 32.0 Å². The summed E-state index contributed by atoms with van der Waals surface area (Å²) in [5.74, 6) is -0.216. The van der Waals surface area contributed by atoms with Gasteiger partial charge in [0.05, 0.1) is 0 Å². The van der Waals surface area contributed by atoms with Crippen LogP contribution in [0.1, 0.15) is 31.0 Å². The lowest BCUT2D eigenvalue weighted by atomic mass is 9.92. The first-order valence-electron chi connectivity index (χ1n) is 7.71. The first-order chi connectivity index (χ1) is 11.0. The van der Waals surface area contributed by atoms with Gasteiger partial charge in [-0.25, -0.2) is 0 Å². The fourth-order valence-corrected chi connectivity index (χ4v) is 2.84. The SMILES string of the molecule is CC1(C)C(=O)NC(c2ccccc2)C(=O)N1Cc1ccccc1. The number of benzene rings is 2. The van der Waals surface area contributed by atoms with Crippen LogP contribution in [-0.4, -0.2) is 22.3 Å². The predicted molar refractivity (Wildman–Crippen MR) is 88.4 cm³/mol. The Kier molecular flexibility index (Phi) is 3.90. The largest absolute Gasteiger partial charge is 0.338 e. The first-order valence-corrected chi connectivity index (χ1v) is 7.71. The molecule has 1 unspecified atom stereocenters. The average molecular weight is 308 g/mol. The number of amides is 2. The van der Waals surface area contributed by atoms with Gasteiger partial charge in [-0.2, -0.15) is 0 Å². The molecule has 1 aliphatic heterocycles. The summed E-state index contributed by atoms with van der Waals surface area (Å²) in [7, 11) is 0. The van der Waals surface area contributed by atoms with Crippen LogP contribution in [0.5, 0.6) is 0 Å². The molecule has 0 spiro atoms. The normalized spacial score (nSPS) is 20.3. The zero-order valence-electron chi connectivity index (χ0n) is 13.3. The average Bonchev–Trinajstić information content (AvgIpc) is 2.57. The van der Waals surface area contributed by atoms with Gasteiger partial charge in [0, 0.05) is 6.54 Å². The molecule has 118 valence electrons. The monoisotopic (exact) mass is 308 g/mol. The van der Waals surface area contributed by atoms with Gasteiger partial charge in [0.1, 0.15) is 11.6 Å². The minimum absolute atomic E-state index is 0.0790. The Morgan fingerprint density at radius 3 is 2.13 bits per heavy atom. The second-order valence-electron chi connectivity index (χ2n) is 6.29. The van der Waals surface area contributed by atoms with Crippen LogP contribution < -0.4 is 5.32 Å². The third kappa shape index (κ3) is 2.84. The van der Waals surface area contributed by atoms with Gasteiger partial charge in [-0.3, -0.25) is 9.59 Å². The quantitative estimate of drug-likeness (QED) is 0.947. The minimum Gasteiger partial charge on any atom is -0.338 e. The standard InChI is InChI=1S/C19H20N2O2/c1-19(2)18(23)20-16(15-11-7-4-8-12-15)17(22)21(19)13-14-9-5-3-6-10-14/h3-12,16H,13H2,1-2H3,(H,20,23). The lowest BCUT2D eigenvalue weighted by molar-refractivity contribution is -0.156. The van der Waals surface area contributed by atoms with E-state index >= 15 is 0 Å². The summed E-state index contributed by atoms with van der Waals surface area (Å²) in [4.78, 5) is 27.2. The molecular formula is C19H20N2O2. The Hall–Kier alpha value is -2.62. The smallest absolute Gasteiger partial charge is 0.250 e. The topological polar surface area (TPSA) is 49.4 Å². The lowest BCUT2D eigenvalue weighted by Crippen LogP contribution is -2.64. The van der Waals surface area contributed by atoms with E-state index in [1.54, 1.807) is 18.7 Å². The van der Waals surface area contributed by atoms with Gasteiger partial charge in [0.15, 0.2) is 0 Å². The minimum atomic E-state index is -0.877. The molecule has 0 saturated carbocycles. The summed E-state index contributed by atoms with van der Waals surface area (Å²) in [6, 6.07) is 18.5. The molecule has 0 aromatic heterocycles. The lowest BCUT2D eigenvalue weighted by Gasteiger charge is -2.44. The molecule has 1 fully saturated rings. The van der Waals surface area contributed by atoms with Crippen LogP contribution in [0.25, 0.3) is 0 Å². The molecule has 4 nitrogen and oxygen atoms in total. The van der Waals surface area contributed by atoms with Crippen molar-refractivity contribution in [1.29, 1.82) is 0 Å². The van der Waals surface area contributed by atoms with Gasteiger partial charge in [-0.05, 0) is 25.0 Å². The molecule has 1 atom stereocenters. The van der Waals surface area contributed by atoms with Crippen LogP contribution in [0.2, 0.25) is 0 Å². The molecule has 2 aromatic rings. The molecule has 2 amide bonds. The van der Waals surface area contributed by atoms with Crippen LogP contribution >= 0.6 is 0 Å². The van der Waals surface area contributed by atoms with E-state index in [0.29, 0.717) is 6.54 Å². The second kappa shape index (κ2) is 5.88. The summed E-state index contributed by atoms with van der Waals surface area (Å²) in [5.41, 5.74) is 0.938. The van der Waals surface area contributed by atoms with Gasteiger partial charge in [-0.15, -0.1) is 0 Å². The summed E-state index contributed by atoms with van der Waals surface area (Å²) in [6.45, 7) is 3.98. The van der Waals surface area contributed by atoms with Crippen molar-refractivity contribution >= 4 is 11.8 Å². The molecule has 3 rings (SSSR count). The van der Waals surface area contributed by atoms with E-state index in [4.69, 9.17) is 0 Å². The van der Waals surface area contributed by atoms with E-state index < -0.39 is 11.6 Å². The van der Waals surface area contributed by atoms with E-state index in [1.807, 2.05) is 60.7 Å². The highest BCUT2D eigenvalue weighted by atomic mass is 16.2. The Bertz CT molecular complexity index is 711. The molecule has 0 aliphatic carbocycles. The van der Waals surface area contributed by atoms with Crippen molar-refractivity contribution in [2.75, 3.05) is 0 Å². The fraction of sp³-hybridized carbons (Fsp3) is 0.263. The first kappa shape index (κ1) is 15.3. The molecule has 1 saturated heterocycles. The molecule has 1 N–H and O–H groups in total. The number of nitrogens with zero attached hydrogens (tertiary/aromatic N) is 1. The van der Waals surface area contributed by atoms with Crippen molar-refractivity contribution in [1.82, 2.24) is 10.2 Å². The Labute approximate surface area is 136 Å². The van der Waals surface area contributed by atoms with Gasteiger partial charge in [0.2, 0.25) is 5.91 Å². The van der Waals surface area contributed by atoms with Crippen LogP contribution in [0, 0.1) is 0 Å². The van der Waals surface area contributed by atoms with Crippen LogP contribution in [-0.2, 0) is 16.1 Å². The molecule has 23 heavy (non-hydrogen) atoms. The number of nitrogens with one attached hydrogen (secondary N) is 1. The third-order valence-corrected chi connectivity index (χ3v) is 4.34. The van der Waals surface area contributed by atoms with Crippen molar-refractivity contribution < 1.29 is 9.59 Å². The highest BCUT2D eigenvalue weighted by Crippen LogP contribution is 2.29. The maximum atomic E-state index is 13.0. The van der Waals surface area contributed by atoms with Crippen molar-refractivity contribution in [2.24, 2.45) is 0 Å². The molecule has 2 aromatic carbocycles. The van der Waals surface area contributed by atoms with E-state index in [-0.39, 0.29) is 11.8 Å².